The summed E-state index contributed by atoms with van der Waals surface area (Å²) >= 11 is 0. The summed E-state index contributed by atoms with van der Waals surface area (Å²) in [6.45, 7) is 3.64. The molecule has 0 saturated carbocycles. The normalized spacial score (nSPS) is 14.2. The number of nitrogens with two attached hydrogens (primary N) is 1. The first-order valence-corrected chi connectivity index (χ1v) is 5.40. The highest BCUT2D eigenvalue weighted by Crippen LogP contribution is 2.23. The second-order valence-corrected chi connectivity index (χ2v) is 4.17. The molecule has 1 unspecified atom stereocenters. The van der Waals surface area contributed by atoms with E-state index in [1.54, 1.807) is 6.92 Å². The SMILES string of the molecule is CCC(C)(CN)C(=O)Nc1cccc(F)c1F. The van der Waals surface area contributed by atoms with Gasteiger partial charge in [0.1, 0.15) is 0 Å². The van der Waals surface area contributed by atoms with E-state index in [9.17, 15) is 13.6 Å². The highest BCUT2D eigenvalue weighted by molar-refractivity contribution is 5.95. The van der Waals surface area contributed by atoms with Crippen LogP contribution in [0.15, 0.2) is 18.2 Å². The third-order valence-corrected chi connectivity index (χ3v) is 2.98. The van der Waals surface area contributed by atoms with Crippen molar-refractivity contribution in [3.8, 4) is 0 Å². The van der Waals surface area contributed by atoms with Gasteiger partial charge in [-0.3, -0.25) is 4.79 Å². The number of carbonyl (C=O) groups excluding carboxylic acids is 1. The molecule has 1 amide bonds. The zero-order valence-corrected chi connectivity index (χ0v) is 9.89. The molecule has 0 saturated heterocycles. The Hall–Kier alpha value is -1.49. The maximum Gasteiger partial charge on any atom is 0.231 e. The van der Waals surface area contributed by atoms with Crippen molar-refractivity contribution < 1.29 is 13.6 Å². The van der Waals surface area contributed by atoms with E-state index in [1.807, 2.05) is 6.92 Å². The Morgan fingerprint density at radius 2 is 2.12 bits per heavy atom. The quantitative estimate of drug-likeness (QED) is 0.851. The standard InChI is InChI=1S/C12H16F2N2O/c1-3-12(2,7-15)11(17)16-9-6-4-5-8(13)10(9)14/h4-6H,3,7,15H2,1-2H3,(H,16,17). The first-order valence-electron chi connectivity index (χ1n) is 5.40. The topological polar surface area (TPSA) is 55.1 Å². The van der Waals surface area contributed by atoms with E-state index in [2.05, 4.69) is 5.32 Å². The molecule has 0 aliphatic carbocycles. The van der Waals surface area contributed by atoms with E-state index >= 15 is 0 Å². The number of amides is 1. The summed E-state index contributed by atoms with van der Waals surface area (Å²) in [5.74, 6) is -2.46. The molecule has 5 heteroatoms. The van der Waals surface area contributed by atoms with E-state index in [0.717, 1.165) is 6.07 Å². The second kappa shape index (κ2) is 5.23. The van der Waals surface area contributed by atoms with E-state index in [1.165, 1.54) is 12.1 Å². The Balaban J connectivity index is 2.92. The number of hydrogen-bond acceptors (Lipinski definition) is 2. The van der Waals surface area contributed by atoms with Crippen LogP contribution in [0.1, 0.15) is 20.3 Å². The number of anilines is 1. The van der Waals surface area contributed by atoms with Crippen molar-refractivity contribution in [3.05, 3.63) is 29.8 Å². The molecule has 0 radical (unpaired) electrons. The lowest BCUT2D eigenvalue weighted by molar-refractivity contribution is -0.124. The van der Waals surface area contributed by atoms with Gasteiger partial charge >= 0.3 is 0 Å². The van der Waals surface area contributed by atoms with Crippen LogP contribution in [0, 0.1) is 17.0 Å². The average molecular weight is 242 g/mol. The molecule has 0 fully saturated rings. The summed E-state index contributed by atoms with van der Waals surface area (Å²) < 4.78 is 26.3. The second-order valence-electron chi connectivity index (χ2n) is 4.17. The van der Waals surface area contributed by atoms with Gasteiger partial charge in [-0.1, -0.05) is 13.0 Å². The number of hydrogen-bond donors (Lipinski definition) is 2. The molecular formula is C12H16F2N2O. The number of carbonyl (C=O) groups is 1. The van der Waals surface area contributed by atoms with Crippen LogP contribution in [-0.2, 0) is 4.79 Å². The van der Waals surface area contributed by atoms with Gasteiger partial charge < -0.3 is 11.1 Å². The van der Waals surface area contributed by atoms with Crippen LogP contribution in [0.25, 0.3) is 0 Å². The zero-order valence-electron chi connectivity index (χ0n) is 9.89. The molecule has 94 valence electrons. The fourth-order valence-corrected chi connectivity index (χ4v) is 1.27. The van der Waals surface area contributed by atoms with Crippen molar-refractivity contribution >= 4 is 11.6 Å². The first-order chi connectivity index (χ1) is 7.94. The Kier molecular flexibility index (Phi) is 4.17. The Morgan fingerprint density at radius 1 is 1.47 bits per heavy atom. The van der Waals surface area contributed by atoms with Crippen molar-refractivity contribution in [2.24, 2.45) is 11.1 Å². The molecule has 1 rings (SSSR count). The molecule has 0 aliphatic rings. The predicted octanol–water partition coefficient (Wildman–Crippen LogP) is 2.28. The van der Waals surface area contributed by atoms with Crippen LogP contribution in [0.5, 0.6) is 0 Å². The molecule has 0 spiro atoms. The van der Waals surface area contributed by atoms with Crippen molar-refractivity contribution in [1.29, 1.82) is 0 Å². The fourth-order valence-electron chi connectivity index (χ4n) is 1.27. The van der Waals surface area contributed by atoms with Gasteiger partial charge in [0.05, 0.1) is 11.1 Å². The van der Waals surface area contributed by atoms with Crippen molar-refractivity contribution in [2.45, 2.75) is 20.3 Å². The van der Waals surface area contributed by atoms with Gasteiger partial charge in [-0.25, -0.2) is 8.78 Å². The molecular weight excluding hydrogens is 226 g/mol. The molecule has 1 atom stereocenters. The minimum absolute atomic E-state index is 0.145. The zero-order chi connectivity index (χ0) is 13.1. The first kappa shape index (κ1) is 13.6. The summed E-state index contributed by atoms with van der Waals surface area (Å²) in [5, 5.41) is 2.36. The van der Waals surface area contributed by atoms with Gasteiger partial charge in [-0.2, -0.15) is 0 Å². The van der Waals surface area contributed by atoms with Crippen LogP contribution in [0.3, 0.4) is 0 Å². The van der Waals surface area contributed by atoms with Gasteiger partial charge in [0.15, 0.2) is 11.6 Å². The van der Waals surface area contributed by atoms with E-state index < -0.39 is 23.0 Å². The monoisotopic (exact) mass is 242 g/mol. The van der Waals surface area contributed by atoms with E-state index in [4.69, 9.17) is 5.73 Å². The van der Waals surface area contributed by atoms with Gasteiger partial charge in [-0.05, 0) is 25.5 Å². The third kappa shape index (κ3) is 2.79. The summed E-state index contributed by atoms with van der Waals surface area (Å²) in [7, 11) is 0. The maximum atomic E-state index is 13.3. The third-order valence-electron chi connectivity index (χ3n) is 2.98. The van der Waals surface area contributed by atoms with Gasteiger partial charge in [0.2, 0.25) is 5.91 Å². The molecule has 17 heavy (non-hydrogen) atoms. The lowest BCUT2D eigenvalue weighted by atomic mass is 9.86. The molecule has 3 nitrogen and oxygen atoms in total. The number of halogens is 2. The molecule has 0 heterocycles. The highest BCUT2D eigenvalue weighted by atomic mass is 19.2. The fraction of sp³-hybridized carbons (Fsp3) is 0.417. The van der Waals surface area contributed by atoms with E-state index in [0.29, 0.717) is 6.42 Å². The lowest BCUT2D eigenvalue weighted by Gasteiger charge is -2.25. The summed E-state index contributed by atoms with van der Waals surface area (Å²) in [4.78, 5) is 11.9. The Morgan fingerprint density at radius 3 is 2.65 bits per heavy atom. The number of rotatable bonds is 4. The summed E-state index contributed by atoms with van der Waals surface area (Å²) in [5.41, 5.74) is 4.57. The molecule has 1 aromatic rings. The molecule has 1 aromatic carbocycles. The molecule has 0 aliphatic heterocycles. The summed E-state index contributed by atoms with van der Waals surface area (Å²) in [6.07, 6.45) is 0.520. The smallest absolute Gasteiger partial charge is 0.231 e. The lowest BCUT2D eigenvalue weighted by Crippen LogP contribution is -2.39. The van der Waals surface area contributed by atoms with Crippen LogP contribution in [0.2, 0.25) is 0 Å². The van der Waals surface area contributed by atoms with Crippen LogP contribution >= 0.6 is 0 Å². The molecule has 3 N–H and O–H groups in total. The molecule has 0 aromatic heterocycles. The van der Waals surface area contributed by atoms with Crippen molar-refractivity contribution in [2.75, 3.05) is 11.9 Å². The predicted molar refractivity (Wildman–Crippen MR) is 62.4 cm³/mol. The average Bonchev–Trinajstić information content (AvgIpc) is 2.33. The van der Waals surface area contributed by atoms with Crippen LogP contribution < -0.4 is 11.1 Å². The van der Waals surface area contributed by atoms with Gasteiger partial charge in [0, 0.05) is 6.54 Å². The van der Waals surface area contributed by atoms with Crippen molar-refractivity contribution in [1.82, 2.24) is 0 Å². The van der Waals surface area contributed by atoms with Gasteiger partial charge in [-0.15, -0.1) is 0 Å². The maximum absolute atomic E-state index is 13.3. The minimum atomic E-state index is -1.06. The number of nitrogens with one attached hydrogen (secondary N) is 1. The Bertz CT molecular complexity index is 417. The highest BCUT2D eigenvalue weighted by Gasteiger charge is 2.30. The minimum Gasteiger partial charge on any atom is -0.329 e. The van der Waals surface area contributed by atoms with E-state index in [-0.39, 0.29) is 12.2 Å². The molecule has 0 bridgehead atoms. The van der Waals surface area contributed by atoms with Crippen molar-refractivity contribution in [3.63, 3.8) is 0 Å². The van der Waals surface area contributed by atoms with Crippen LogP contribution in [0.4, 0.5) is 14.5 Å². The summed E-state index contributed by atoms with van der Waals surface area (Å²) in [6, 6.07) is 3.63. The van der Waals surface area contributed by atoms with Gasteiger partial charge in [0.25, 0.3) is 0 Å². The van der Waals surface area contributed by atoms with Crippen LogP contribution in [-0.4, -0.2) is 12.5 Å². The number of benzene rings is 1. The largest absolute Gasteiger partial charge is 0.329 e. The Labute approximate surface area is 99.0 Å².